The van der Waals surface area contributed by atoms with Gasteiger partial charge >= 0.3 is 34.2 Å². The summed E-state index contributed by atoms with van der Waals surface area (Å²) in [4.78, 5) is 0. The van der Waals surface area contributed by atoms with Crippen molar-refractivity contribution in [3.05, 3.63) is 0 Å². The zero-order valence-corrected chi connectivity index (χ0v) is 19.1. The third-order valence-corrected chi connectivity index (χ3v) is 22.3. The predicted molar refractivity (Wildman–Crippen MR) is 98.4 cm³/mol. The molecular weight excluding hydrogens is 384 g/mol. The summed E-state index contributed by atoms with van der Waals surface area (Å²) in [6.45, 7) is 7.22. The van der Waals surface area contributed by atoms with E-state index in [0.717, 1.165) is 0 Å². The maximum Gasteiger partial charge on any atom is 0.319 e. The van der Waals surface area contributed by atoms with Crippen molar-refractivity contribution in [2.75, 3.05) is 26.4 Å². The topological polar surface area (TPSA) is 118 Å². The van der Waals surface area contributed by atoms with Crippen LogP contribution in [-0.2, 0) is 16.5 Å². The first-order chi connectivity index (χ1) is 11.1. The van der Waals surface area contributed by atoms with Gasteiger partial charge in [0.05, 0.1) is 0 Å². The van der Waals surface area contributed by atoms with Crippen LogP contribution < -0.4 is 0 Å². The van der Waals surface area contributed by atoms with Crippen LogP contribution >= 0.6 is 0 Å². The molecule has 4 N–H and O–H groups in total. The van der Waals surface area contributed by atoms with E-state index in [1.165, 1.54) is 0 Å². The molecule has 1 saturated heterocycles. The Balaban J connectivity index is 3.24. The first-order valence-electron chi connectivity index (χ1n) is 8.31. The fourth-order valence-corrected chi connectivity index (χ4v) is 24.8. The zero-order chi connectivity index (χ0) is 18.5. The predicted octanol–water partition coefficient (Wildman–Crippen LogP) is 0.324. The molecule has 24 heavy (non-hydrogen) atoms. The van der Waals surface area contributed by atoms with Gasteiger partial charge in [-0.25, -0.2) is 0 Å². The lowest BCUT2D eigenvalue weighted by atomic mass is 10.9. The Morgan fingerprint density at radius 1 is 0.458 bits per heavy atom. The molecule has 1 rings (SSSR count). The van der Waals surface area contributed by atoms with Crippen molar-refractivity contribution in [1.82, 2.24) is 0 Å². The maximum atomic E-state index is 9.43. The fourth-order valence-electron chi connectivity index (χ4n) is 3.13. The van der Waals surface area contributed by atoms with Gasteiger partial charge in [0.2, 0.25) is 0 Å². The molecule has 12 heteroatoms. The van der Waals surface area contributed by atoms with Gasteiger partial charge in [0, 0.05) is 50.6 Å². The van der Waals surface area contributed by atoms with Crippen molar-refractivity contribution in [3.63, 3.8) is 0 Å². The molecule has 0 aromatic heterocycles. The van der Waals surface area contributed by atoms with Crippen molar-refractivity contribution in [2.24, 2.45) is 0 Å². The Bertz CT molecular complexity index is 319. The number of aliphatic hydroxyl groups is 4. The van der Waals surface area contributed by atoms with Crippen molar-refractivity contribution in [1.29, 1.82) is 0 Å². The molecule has 0 aliphatic carbocycles. The van der Waals surface area contributed by atoms with Gasteiger partial charge in [-0.15, -0.1) is 0 Å². The summed E-state index contributed by atoms with van der Waals surface area (Å²) in [6.07, 6.45) is 0. The highest BCUT2D eigenvalue weighted by Gasteiger charge is 2.56. The lowest BCUT2D eigenvalue weighted by Gasteiger charge is -2.50. The molecule has 0 radical (unpaired) electrons. The van der Waals surface area contributed by atoms with E-state index in [2.05, 4.69) is 0 Å². The number of rotatable bonds is 8. The average Bonchev–Trinajstić information content (AvgIpc) is 2.35. The SMILES string of the molecule is C[Si]1(CCO)O[Si](C)(CCO)O[Si](C)(CCO)O[Si](C)(CCO)O1. The lowest BCUT2D eigenvalue weighted by molar-refractivity contribution is 0.197. The summed E-state index contributed by atoms with van der Waals surface area (Å²) >= 11 is 0. The summed E-state index contributed by atoms with van der Waals surface area (Å²) in [6, 6.07) is 1.50. The molecule has 0 spiro atoms. The monoisotopic (exact) mass is 416 g/mol. The van der Waals surface area contributed by atoms with Gasteiger partial charge in [-0.1, -0.05) is 0 Å². The molecule has 0 atom stereocenters. The van der Waals surface area contributed by atoms with Gasteiger partial charge in [-0.2, -0.15) is 0 Å². The van der Waals surface area contributed by atoms with Gasteiger partial charge in [0.15, 0.2) is 0 Å². The second-order valence-corrected chi connectivity index (χ2v) is 21.2. The van der Waals surface area contributed by atoms with E-state index in [9.17, 15) is 20.4 Å². The van der Waals surface area contributed by atoms with Gasteiger partial charge in [0.25, 0.3) is 0 Å². The Labute approximate surface area is 148 Å². The summed E-state index contributed by atoms with van der Waals surface area (Å²) in [5.41, 5.74) is 0. The molecule has 0 bridgehead atoms. The Hall–Kier alpha value is 0.548. The molecule has 1 heterocycles. The minimum absolute atomic E-state index is 0.0682. The second kappa shape index (κ2) is 8.96. The number of aliphatic hydroxyl groups excluding tert-OH is 4. The minimum atomic E-state index is -2.79. The van der Waals surface area contributed by atoms with E-state index in [-0.39, 0.29) is 26.4 Å². The largest absolute Gasteiger partial charge is 0.415 e. The summed E-state index contributed by atoms with van der Waals surface area (Å²) in [5, 5.41) is 37.7. The van der Waals surface area contributed by atoms with E-state index in [1.807, 2.05) is 26.2 Å². The van der Waals surface area contributed by atoms with Gasteiger partial charge in [-0.05, 0) is 26.2 Å². The van der Waals surface area contributed by atoms with Gasteiger partial charge in [0.1, 0.15) is 0 Å². The molecule has 1 aliphatic rings. The average molecular weight is 417 g/mol. The molecule has 1 fully saturated rings. The van der Waals surface area contributed by atoms with Gasteiger partial charge < -0.3 is 36.9 Å². The Kier molecular flexibility index (Phi) is 8.44. The van der Waals surface area contributed by atoms with E-state index in [0.29, 0.717) is 24.2 Å². The van der Waals surface area contributed by atoms with Crippen molar-refractivity contribution < 1.29 is 36.9 Å². The second-order valence-electron chi connectivity index (χ2n) is 6.84. The molecule has 8 nitrogen and oxygen atoms in total. The van der Waals surface area contributed by atoms with Crippen molar-refractivity contribution in [3.8, 4) is 0 Å². The number of hydrogen-bond donors (Lipinski definition) is 4. The van der Waals surface area contributed by atoms with E-state index < -0.39 is 34.2 Å². The van der Waals surface area contributed by atoms with Crippen LogP contribution in [0.4, 0.5) is 0 Å². The van der Waals surface area contributed by atoms with Crippen LogP contribution in [0.3, 0.4) is 0 Å². The Morgan fingerprint density at radius 3 is 0.750 bits per heavy atom. The van der Waals surface area contributed by atoms with Crippen LogP contribution in [0, 0.1) is 0 Å². The Morgan fingerprint density at radius 2 is 0.625 bits per heavy atom. The van der Waals surface area contributed by atoms with E-state index >= 15 is 0 Å². The third kappa shape index (κ3) is 6.37. The first kappa shape index (κ1) is 22.6. The molecule has 0 aromatic rings. The van der Waals surface area contributed by atoms with Crippen LogP contribution in [0.1, 0.15) is 0 Å². The lowest BCUT2D eigenvalue weighted by Crippen LogP contribution is -2.67. The summed E-state index contributed by atoms with van der Waals surface area (Å²) < 4.78 is 25.5. The van der Waals surface area contributed by atoms with Crippen LogP contribution in [0.15, 0.2) is 0 Å². The highest BCUT2D eigenvalue weighted by Crippen LogP contribution is 2.36. The highest BCUT2D eigenvalue weighted by molar-refractivity contribution is 6.93. The van der Waals surface area contributed by atoms with E-state index in [4.69, 9.17) is 16.5 Å². The molecular formula is C12H32O8Si4. The van der Waals surface area contributed by atoms with Crippen LogP contribution in [0.25, 0.3) is 0 Å². The quantitative estimate of drug-likeness (QED) is 0.418. The fraction of sp³-hybridized carbons (Fsp3) is 1.00. The molecule has 0 saturated carbocycles. The minimum Gasteiger partial charge on any atom is -0.415 e. The smallest absolute Gasteiger partial charge is 0.319 e. The van der Waals surface area contributed by atoms with E-state index in [1.54, 1.807) is 0 Å². The highest BCUT2D eigenvalue weighted by atomic mass is 28.5. The standard InChI is InChI=1S/C12H32O8Si4/c1-21(9-5-13)17-22(2,10-6-14)19-24(4,12-8-16)20-23(3,18-21)11-7-15/h13-16H,5-12H2,1-4H3. The third-order valence-electron chi connectivity index (χ3n) is 3.99. The zero-order valence-electron chi connectivity index (χ0n) is 15.1. The maximum absolute atomic E-state index is 9.43. The first-order valence-corrected chi connectivity index (χ1v) is 18.4. The molecule has 0 aromatic carbocycles. The molecule has 0 unspecified atom stereocenters. The van der Waals surface area contributed by atoms with Crippen LogP contribution in [-0.4, -0.2) is 81.1 Å². The van der Waals surface area contributed by atoms with Crippen LogP contribution in [0.5, 0.6) is 0 Å². The van der Waals surface area contributed by atoms with Gasteiger partial charge in [-0.3, -0.25) is 0 Å². The number of hydrogen-bond acceptors (Lipinski definition) is 8. The normalized spacial score (nSPS) is 41.0. The summed E-state index contributed by atoms with van der Waals surface area (Å²) in [7, 11) is -11.2. The molecule has 1 aliphatic heterocycles. The molecule has 144 valence electrons. The summed E-state index contributed by atoms with van der Waals surface area (Å²) in [5.74, 6) is 0. The van der Waals surface area contributed by atoms with Crippen molar-refractivity contribution >= 4 is 34.2 Å². The molecule has 0 amide bonds. The van der Waals surface area contributed by atoms with Crippen molar-refractivity contribution in [2.45, 2.75) is 50.4 Å². The van der Waals surface area contributed by atoms with Crippen LogP contribution in [0.2, 0.25) is 50.4 Å².